The Kier molecular flexibility index (Phi) is 4.14. The van der Waals surface area contributed by atoms with E-state index in [4.69, 9.17) is 35.3 Å². The summed E-state index contributed by atoms with van der Waals surface area (Å²) in [5, 5.41) is 0. The highest BCUT2D eigenvalue weighted by Crippen LogP contribution is 2.35. The Morgan fingerprint density at radius 2 is 1.71 bits per heavy atom. The number of carbonyl (C=O) groups is 2. The van der Waals surface area contributed by atoms with Gasteiger partial charge in [0.1, 0.15) is 0 Å². The number of aromatic nitrogens is 2. The van der Waals surface area contributed by atoms with Crippen LogP contribution in [0.15, 0.2) is 4.79 Å². The minimum atomic E-state index is -0.855. The predicted octanol–water partition coefficient (Wildman–Crippen LogP) is 2.38. The fourth-order valence-electron chi connectivity index (χ4n) is 2.31. The van der Waals surface area contributed by atoms with Crippen molar-refractivity contribution in [1.29, 1.82) is 0 Å². The first-order valence-electron chi connectivity index (χ1n) is 6.27. The zero-order valence-corrected chi connectivity index (χ0v) is 13.9. The SMILES string of the molecule is CCC(C)C[N+]1(C)C(=O)c2c(n(Cl)c(=O)n2Cl)N(Cl)C1=O. The van der Waals surface area contributed by atoms with Crippen LogP contribution < -0.4 is 10.1 Å². The molecule has 0 radical (unpaired) electrons. The van der Waals surface area contributed by atoms with Crippen LogP contribution in [0.5, 0.6) is 0 Å². The van der Waals surface area contributed by atoms with Gasteiger partial charge >= 0.3 is 17.6 Å². The third kappa shape index (κ3) is 2.19. The number of quaternary nitrogens is 1. The molecule has 21 heavy (non-hydrogen) atoms. The molecule has 0 fully saturated rings. The van der Waals surface area contributed by atoms with Gasteiger partial charge < -0.3 is 0 Å². The number of imide groups is 1. The molecular formula is C11H14Cl3N4O3+. The molecule has 0 aliphatic carbocycles. The maximum absolute atomic E-state index is 12.7. The monoisotopic (exact) mass is 355 g/mol. The maximum atomic E-state index is 12.7. The molecule has 0 N–H and O–H groups in total. The molecule has 10 heteroatoms. The first-order valence-corrected chi connectivity index (χ1v) is 7.29. The number of fused-ring (bicyclic) bond motifs is 1. The summed E-state index contributed by atoms with van der Waals surface area (Å²) in [6, 6.07) is -0.675. The Hall–Kier alpha value is -1.02. The average Bonchev–Trinajstić information content (AvgIpc) is 2.67. The highest BCUT2D eigenvalue weighted by atomic mass is 35.5. The molecule has 116 valence electrons. The number of rotatable bonds is 3. The first-order chi connectivity index (χ1) is 9.66. The van der Waals surface area contributed by atoms with Crippen molar-refractivity contribution in [2.24, 2.45) is 5.92 Å². The normalized spacial score (nSPS) is 23.4. The Morgan fingerprint density at radius 1 is 1.14 bits per heavy atom. The van der Waals surface area contributed by atoms with Crippen molar-refractivity contribution in [3.63, 3.8) is 0 Å². The Morgan fingerprint density at radius 3 is 2.24 bits per heavy atom. The van der Waals surface area contributed by atoms with E-state index in [0.29, 0.717) is 12.6 Å². The van der Waals surface area contributed by atoms with Crippen LogP contribution in [0.3, 0.4) is 0 Å². The highest BCUT2D eigenvalue weighted by molar-refractivity contribution is 6.39. The number of halogens is 3. The Bertz CT molecular complexity index is 683. The summed E-state index contributed by atoms with van der Waals surface area (Å²) in [5.74, 6) is -0.741. The third-order valence-corrected chi connectivity index (χ3v) is 4.65. The lowest BCUT2D eigenvalue weighted by Crippen LogP contribution is -2.62. The van der Waals surface area contributed by atoms with Crippen LogP contribution in [0, 0.1) is 5.92 Å². The molecule has 2 rings (SSSR count). The van der Waals surface area contributed by atoms with Crippen LogP contribution in [0.2, 0.25) is 0 Å². The molecule has 7 nitrogen and oxygen atoms in total. The highest BCUT2D eigenvalue weighted by Gasteiger charge is 2.54. The van der Waals surface area contributed by atoms with E-state index in [1.807, 2.05) is 13.8 Å². The molecule has 1 aromatic heterocycles. The largest absolute Gasteiger partial charge is 0.447 e. The molecule has 3 amide bonds. The fourth-order valence-corrected chi connectivity index (χ4v) is 3.17. The fraction of sp³-hybridized carbons (Fsp3) is 0.545. The van der Waals surface area contributed by atoms with Gasteiger partial charge in [0, 0.05) is 41.2 Å². The number of amides is 3. The van der Waals surface area contributed by atoms with E-state index in [9.17, 15) is 14.4 Å². The predicted molar refractivity (Wildman–Crippen MR) is 79.8 cm³/mol. The van der Waals surface area contributed by atoms with Crippen molar-refractivity contribution in [3.05, 3.63) is 16.2 Å². The summed E-state index contributed by atoms with van der Waals surface area (Å²) in [7, 11) is 1.45. The Balaban J connectivity index is 2.66. The second kappa shape index (κ2) is 5.31. The number of hydrogen-bond donors (Lipinski definition) is 0. The number of imidazole rings is 1. The lowest BCUT2D eigenvalue weighted by atomic mass is 10.1. The molecule has 2 unspecified atom stereocenters. The summed E-state index contributed by atoms with van der Waals surface area (Å²) in [5.41, 5.74) is -1.05. The molecule has 1 aliphatic rings. The van der Waals surface area contributed by atoms with Crippen LogP contribution in [-0.2, 0) is 0 Å². The third-order valence-electron chi connectivity index (χ3n) is 3.73. The van der Waals surface area contributed by atoms with Crippen LogP contribution in [0.1, 0.15) is 30.8 Å². The van der Waals surface area contributed by atoms with E-state index in [1.54, 1.807) is 0 Å². The number of nitrogens with zero attached hydrogens (tertiary/aromatic N) is 4. The maximum Gasteiger partial charge on any atom is 0.447 e. The van der Waals surface area contributed by atoms with Crippen molar-refractivity contribution in [2.75, 3.05) is 18.0 Å². The van der Waals surface area contributed by atoms with E-state index in [1.165, 1.54) is 7.05 Å². The number of hydrogen-bond acceptors (Lipinski definition) is 3. The van der Waals surface area contributed by atoms with Gasteiger partial charge in [-0.1, -0.05) is 13.8 Å². The van der Waals surface area contributed by atoms with Gasteiger partial charge in [-0.2, -0.15) is 12.7 Å². The number of carbonyl (C=O) groups excluding carboxylic acids is 2. The number of anilines is 1. The summed E-state index contributed by atoms with van der Waals surface area (Å²) < 4.78 is 1.21. The Labute approximate surface area is 136 Å². The quantitative estimate of drug-likeness (QED) is 0.617. The van der Waals surface area contributed by atoms with E-state index < -0.39 is 22.1 Å². The van der Waals surface area contributed by atoms with Gasteiger partial charge in [0.15, 0.2) is 5.82 Å². The second-order valence-electron chi connectivity index (χ2n) is 5.27. The van der Waals surface area contributed by atoms with E-state index in [-0.39, 0.29) is 24.0 Å². The van der Waals surface area contributed by atoms with E-state index in [2.05, 4.69) is 0 Å². The van der Waals surface area contributed by atoms with Gasteiger partial charge in [0.05, 0.1) is 13.6 Å². The minimum Gasteiger partial charge on any atom is -0.245 e. The summed E-state index contributed by atoms with van der Waals surface area (Å²) in [6.45, 7) is 4.11. The van der Waals surface area contributed by atoms with E-state index in [0.717, 1.165) is 6.42 Å². The van der Waals surface area contributed by atoms with E-state index >= 15 is 0 Å². The zero-order chi connectivity index (χ0) is 16.1. The van der Waals surface area contributed by atoms with Crippen molar-refractivity contribution < 1.29 is 14.1 Å². The second-order valence-corrected chi connectivity index (χ2v) is 6.29. The summed E-state index contributed by atoms with van der Waals surface area (Å²) in [4.78, 5) is 36.9. The molecule has 1 aliphatic heterocycles. The molecule has 2 heterocycles. The van der Waals surface area contributed by atoms with Gasteiger partial charge in [-0.05, 0) is 6.42 Å². The topological polar surface area (TPSA) is 64.3 Å². The van der Waals surface area contributed by atoms with Crippen molar-refractivity contribution >= 4 is 53.1 Å². The van der Waals surface area contributed by atoms with Crippen LogP contribution in [-0.4, -0.2) is 38.2 Å². The summed E-state index contributed by atoms with van der Waals surface area (Å²) >= 11 is 17.5. The smallest absolute Gasteiger partial charge is 0.245 e. The average molecular weight is 357 g/mol. The molecule has 1 aromatic rings. The molecule has 2 atom stereocenters. The molecule has 0 bridgehead atoms. The standard InChI is InChI=1S/C11H14Cl3N4O3/c1-4-6(2)5-18(3)9(19)7-8(17(14)11(18)21)16(13)10(20)15(7)12/h6H,4-5H2,1-3H3/q+1. The van der Waals surface area contributed by atoms with Gasteiger partial charge in [0.2, 0.25) is 5.69 Å². The molecule has 0 saturated carbocycles. The van der Waals surface area contributed by atoms with Crippen molar-refractivity contribution in [3.8, 4) is 0 Å². The van der Waals surface area contributed by atoms with Crippen LogP contribution in [0.4, 0.5) is 10.6 Å². The van der Waals surface area contributed by atoms with Gasteiger partial charge in [-0.3, -0.25) is 0 Å². The molecule has 0 aromatic carbocycles. The first kappa shape index (κ1) is 16.4. The summed E-state index contributed by atoms with van der Waals surface area (Å²) in [6.07, 6.45) is 0.785. The van der Waals surface area contributed by atoms with Gasteiger partial charge in [-0.15, -0.1) is 4.42 Å². The molecular weight excluding hydrogens is 343 g/mol. The molecule has 0 spiro atoms. The van der Waals surface area contributed by atoms with Crippen molar-refractivity contribution in [2.45, 2.75) is 20.3 Å². The van der Waals surface area contributed by atoms with Gasteiger partial charge in [-0.25, -0.2) is 14.4 Å². The minimum absolute atomic E-state index is 0.100. The lowest BCUT2D eigenvalue weighted by molar-refractivity contribution is -0.748. The molecule has 0 saturated heterocycles. The zero-order valence-electron chi connectivity index (χ0n) is 11.6. The van der Waals surface area contributed by atoms with Crippen molar-refractivity contribution in [1.82, 2.24) is 8.17 Å². The lowest BCUT2D eigenvalue weighted by Gasteiger charge is -2.35. The van der Waals surface area contributed by atoms with Gasteiger partial charge in [0.25, 0.3) is 0 Å². The van der Waals surface area contributed by atoms with Crippen LogP contribution >= 0.6 is 35.3 Å². The van der Waals surface area contributed by atoms with Crippen LogP contribution in [0.25, 0.3) is 0 Å². The number of urea groups is 1.